The fourth-order valence-electron chi connectivity index (χ4n) is 5.83. The van der Waals surface area contributed by atoms with Gasteiger partial charge in [0.25, 0.3) is 0 Å². The standard InChI is InChI=1S/C36H16N6/c1-39-26-11-7-23(8-12-26)25-10-14-28-30-17-33-29(18-34(30)36(42-40-2)32(28)16-25)27-13-9-24(15-31(27)35(33)41-20-38)22-5-3-21(19-37)4-6-22/h3-18H/b41-35?,42-36+. The molecule has 0 amide bonds. The highest BCUT2D eigenvalue weighted by atomic mass is 15.2. The van der Waals surface area contributed by atoms with Crippen LogP contribution in [0.1, 0.15) is 5.56 Å². The van der Waals surface area contributed by atoms with Gasteiger partial charge < -0.3 is 0 Å². The van der Waals surface area contributed by atoms with E-state index in [4.69, 9.17) is 18.4 Å². The van der Waals surface area contributed by atoms with E-state index < -0.39 is 0 Å². The van der Waals surface area contributed by atoms with Crippen LogP contribution in [-0.4, -0.2) is 0 Å². The fraction of sp³-hybridized carbons (Fsp3) is 0. The van der Waals surface area contributed by atoms with Gasteiger partial charge in [-0.15, -0.1) is 4.95 Å². The SMILES string of the molecule is [C-]#[N+]/N=c1\c2cc(-c3ccc([N+]#[C-])cc3)ccc2c2cc3c(=NC#N)c4cc(-c5ccc(C#N)cc5)ccc4c3cc12. The normalized spacial score (nSPS) is 12.0. The maximum atomic E-state index is 9.62. The molecule has 0 spiro atoms. The maximum absolute atomic E-state index is 9.62. The molecule has 6 heteroatoms. The van der Waals surface area contributed by atoms with Crippen LogP contribution in [0.2, 0.25) is 0 Å². The lowest BCUT2D eigenvalue weighted by Gasteiger charge is -2.03. The molecule has 0 N–H and O–H groups in total. The summed E-state index contributed by atoms with van der Waals surface area (Å²) >= 11 is 0. The van der Waals surface area contributed by atoms with Gasteiger partial charge in [0, 0.05) is 21.5 Å². The molecule has 0 atom stereocenters. The first-order valence-electron chi connectivity index (χ1n) is 13.0. The third-order valence-electron chi connectivity index (χ3n) is 7.79. The van der Waals surface area contributed by atoms with Crippen molar-refractivity contribution in [3.05, 3.63) is 136 Å². The molecule has 0 aromatic heterocycles. The van der Waals surface area contributed by atoms with Gasteiger partial charge in [0.1, 0.15) is 0 Å². The molecule has 0 bridgehead atoms. The van der Waals surface area contributed by atoms with Crippen LogP contribution < -0.4 is 10.7 Å². The van der Waals surface area contributed by atoms with E-state index in [0.717, 1.165) is 65.3 Å². The first kappa shape index (κ1) is 24.4. The third kappa shape index (κ3) is 3.70. The Balaban J connectivity index is 1.51. The molecule has 0 heterocycles. The molecule has 7 rings (SSSR count). The topological polar surface area (TPSA) is 81.0 Å². The predicted octanol–water partition coefficient (Wildman–Crippen LogP) is 8.05. The minimum Gasteiger partial charge on any atom is -0.238 e. The molecular formula is C36H16N6. The second kappa shape index (κ2) is 9.55. The largest absolute Gasteiger partial charge is 0.238 e. The van der Waals surface area contributed by atoms with Gasteiger partial charge in [-0.05, 0) is 80.2 Å². The molecule has 0 saturated heterocycles. The Kier molecular flexibility index (Phi) is 5.56. The van der Waals surface area contributed by atoms with Crippen LogP contribution in [0.4, 0.5) is 5.69 Å². The Bertz CT molecular complexity index is 2350. The Morgan fingerprint density at radius 3 is 1.55 bits per heavy atom. The maximum Gasteiger partial charge on any atom is 0.206 e. The van der Waals surface area contributed by atoms with Gasteiger partial charge in [-0.2, -0.15) is 22.1 Å². The summed E-state index contributed by atoms with van der Waals surface area (Å²) in [7, 11) is 0. The minimum absolute atomic E-state index is 0.580. The van der Waals surface area contributed by atoms with Gasteiger partial charge in [-0.3, -0.25) is 0 Å². The van der Waals surface area contributed by atoms with Crippen LogP contribution in [0.25, 0.3) is 75.1 Å². The van der Waals surface area contributed by atoms with E-state index in [0.29, 0.717) is 22.0 Å². The van der Waals surface area contributed by atoms with Crippen molar-refractivity contribution < 1.29 is 0 Å². The lowest BCUT2D eigenvalue weighted by atomic mass is 10.0. The number of fused-ring (bicyclic) bond motifs is 6. The van der Waals surface area contributed by atoms with Crippen LogP contribution >= 0.6 is 0 Å². The molecule has 7 aromatic rings. The Morgan fingerprint density at radius 1 is 0.524 bits per heavy atom. The van der Waals surface area contributed by atoms with Gasteiger partial charge in [0.15, 0.2) is 11.0 Å². The van der Waals surface area contributed by atoms with Gasteiger partial charge in [0.2, 0.25) is 6.19 Å². The first-order valence-corrected chi connectivity index (χ1v) is 13.0. The minimum atomic E-state index is 0.580. The average molecular weight is 533 g/mol. The monoisotopic (exact) mass is 532 g/mol. The van der Waals surface area contributed by atoms with Crippen molar-refractivity contribution >= 4 is 48.8 Å². The fourth-order valence-corrected chi connectivity index (χ4v) is 5.83. The van der Waals surface area contributed by atoms with Crippen molar-refractivity contribution in [1.82, 2.24) is 0 Å². The van der Waals surface area contributed by atoms with Crippen LogP contribution in [0.5, 0.6) is 0 Å². The van der Waals surface area contributed by atoms with Crippen molar-refractivity contribution in [2.45, 2.75) is 0 Å². The lowest BCUT2D eigenvalue weighted by molar-refractivity contribution is 1.37. The Morgan fingerprint density at radius 2 is 1.02 bits per heavy atom. The van der Waals surface area contributed by atoms with Crippen LogP contribution in [0, 0.1) is 35.9 Å². The lowest BCUT2D eigenvalue weighted by Crippen LogP contribution is -1.99. The van der Waals surface area contributed by atoms with Crippen molar-refractivity contribution in [1.29, 1.82) is 10.5 Å². The van der Waals surface area contributed by atoms with E-state index in [1.54, 1.807) is 24.3 Å². The van der Waals surface area contributed by atoms with E-state index >= 15 is 0 Å². The second-order valence-electron chi connectivity index (χ2n) is 9.92. The number of benzene rings is 5. The summed E-state index contributed by atoms with van der Waals surface area (Å²) < 4.78 is 0. The zero-order valence-electron chi connectivity index (χ0n) is 21.9. The average Bonchev–Trinajstić information content (AvgIpc) is 3.51. The molecular weight excluding hydrogens is 516 g/mol. The van der Waals surface area contributed by atoms with Crippen LogP contribution in [0.3, 0.4) is 0 Å². The van der Waals surface area contributed by atoms with Gasteiger partial charge >= 0.3 is 0 Å². The van der Waals surface area contributed by atoms with Crippen molar-refractivity contribution in [3.8, 4) is 34.5 Å². The summed E-state index contributed by atoms with van der Waals surface area (Å²) in [5.41, 5.74) is 5.04. The molecule has 0 aliphatic heterocycles. The molecule has 190 valence electrons. The summed E-state index contributed by atoms with van der Waals surface area (Å²) in [5.74, 6) is 0. The molecule has 0 saturated carbocycles. The summed E-state index contributed by atoms with van der Waals surface area (Å²) in [4.78, 5) is 11.1. The molecule has 0 aliphatic rings. The zero-order chi connectivity index (χ0) is 28.8. The predicted molar refractivity (Wildman–Crippen MR) is 164 cm³/mol. The summed E-state index contributed by atoms with van der Waals surface area (Å²) in [5, 5.41) is 31.5. The van der Waals surface area contributed by atoms with Gasteiger partial charge in [0.05, 0.1) is 28.7 Å². The van der Waals surface area contributed by atoms with E-state index in [2.05, 4.69) is 38.1 Å². The summed E-state index contributed by atoms with van der Waals surface area (Å²) in [6, 6.07) is 33.3. The molecule has 0 unspecified atom stereocenters. The third-order valence-corrected chi connectivity index (χ3v) is 7.79. The number of nitriles is 2. The molecule has 0 radical (unpaired) electrons. The number of rotatable bonds is 2. The van der Waals surface area contributed by atoms with E-state index in [1.807, 2.05) is 66.9 Å². The highest BCUT2D eigenvalue weighted by Crippen LogP contribution is 2.35. The van der Waals surface area contributed by atoms with Crippen LogP contribution in [-0.2, 0) is 0 Å². The zero-order valence-corrected chi connectivity index (χ0v) is 21.9. The van der Waals surface area contributed by atoms with E-state index in [9.17, 15) is 5.26 Å². The molecule has 42 heavy (non-hydrogen) atoms. The Labute approximate surface area is 239 Å². The summed E-state index contributed by atoms with van der Waals surface area (Å²) in [6.45, 7) is 14.8. The molecule has 0 fully saturated rings. The molecule has 0 aliphatic carbocycles. The van der Waals surface area contributed by atoms with E-state index in [1.165, 1.54) is 0 Å². The van der Waals surface area contributed by atoms with Crippen molar-refractivity contribution in [3.63, 3.8) is 0 Å². The summed E-state index contributed by atoms with van der Waals surface area (Å²) in [6.07, 6.45) is 1.99. The smallest absolute Gasteiger partial charge is 0.206 e. The Hall–Kier alpha value is -6.60. The van der Waals surface area contributed by atoms with E-state index in [-0.39, 0.29) is 0 Å². The highest BCUT2D eigenvalue weighted by molar-refractivity contribution is 6.21. The van der Waals surface area contributed by atoms with Crippen LogP contribution in [0.15, 0.2) is 107 Å². The van der Waals surface area contributed by atoms with Gasteiger partial charge in [-0.1, -0.05) is 60.7 Å². The number of hydrogen-bond acceptors (Lipinski definition) is 4. The highest BCUT2D eigenvalue weighted by Gasteiger charge is 2.17. The second-order valence-corrected chi connectivity index (χ2v) is 9.92. The molecule has 6 nitrogen and oxygen atoms in total. The number of hydrogen-bond donors (Lipinski definition) is 0. The quantitative estimate of drug-likeness (QED) is 0.128. The first-order chi connectivity index (χ1) is 20.6. The number of nitrogens with zero attached hydrogens (tertiary/aromatic N) is 6. The van der Waals surface area contributed by atoms with Crippen molar-refractivity contribution in [2.75, 3.05) is 0 Å². The van der Waals surface area contributed by atoms with Crippen molar-refractivity contribution in [2.24, 2.45) is 10.1 Å². The molecule has 7 aromatic carbocycles. The van der Waals surface area contributed by atoms with Gasteiger partial charge in [-0.25, -0.2) is 4.85 Å².